The van der Waals surface area contributed by atoms with E-state index in [9.17, 15) is 4.39 Å². The Morgan fingerprint density at radius 2 is 2.27 bits per heavy atom. The van der Waals surface area contributed by atoms with Crippen LogP contribution in [0.3, 0.4) is 0 Å². The van der Waals surface area contributed by atoms with Gasteiger partial charge in [0, 0.05) is 10.0 Å². The van der Waals surface area contributed by atoms with Gasteiger partial charge in [0.25, 0.3) is 0 Å². The van der Waals surface area contributed by atoms with E-state index in [0.29, 0.717) is 21.8 Å². The first-order chi connectivity index (χ1) is 7.20. The molecule has 1 aromatic heterocycles. The zero-order chi connectivity index (χ0) is 10.8. The molecule has 0 amide bonds. The average Bonchev–Trinajstić information content (AvgIpc) is 2.70. The highest BCUT2D eigenvalue weighted by atomic mass is 79.9. The van der Waals surface area contributed by atoms with Gasteiger partial charge < -0.3 is 10.3 Å². The molecule has 0 saturated carbocycles. The molecule has 2 aromatic rings. The fraction of sp³-hybridized carbons (Fsp3) is 0.111. The molecule has 1 aromatic carbocycles. The van der Waals surface area contributed by atoms with E-state index in [4.69, 9.17) is 10.3 Å². The van der Waals surface area contributed by atoms with Crippen LogP contribution in [0.4, 0.5) is 4.39 Å². The first-order valence-electron chi connectivity index (χ1n) is 4.19. The Hall–Kier alpha value is -1.27. The maximum absolute atomic E-state index is 13.0. The monoisotopic (exact) mass is 271 g/mol. The third-order valence-corrected chi connectivity index (χ3v) is 2.50. The largest absolute Gasteiger partial charge is 0.338 e. The second-order valence-corrected chi connectivity index (χ2v) is 3.69. The maximum Gasteiger partial charge on any atom is 0.240 e. The van der Waals surface area contributed by atoms with E-state index in [0.717, 1.165) is 0 Å². The second-order valence-electron chi connectivity index (χ2n) is 2.84. The molecule has 1 heterocycles. The molecule has 0 fully saturated rings. The normalized spacial score (nSPS) is 10.6. The molecule has 0 unspecified atom stereocenters. The minimum Gasteiger partial charge on any atom is -0.338 e. The number of benzene rings is 1. The van der Waals surface area contributed by atoms with Gasteiger partial charge in [0.1, 0.15) is 5.82 Å². The van der Waals surface area contributed by atoms with Crippen molar-refractivity contribution in [1.29, 1.82) is 0 Å². The molecule has 0 bridgehead atoms. The van der Waals surface area contributed by atoms with Crippen LogP contribution >= 0.6 is 15.9 Å². The van der Waals surface area contributed by atoms with Crippen LogP contribution < -0.4 is 5.73 Å². The van der Waals surface area contributed by atoms with Crippen molar-refractivity contribution in [3.63, 3.8) is 0 Å². The molecule has 78 valence electrons. The standard InChI is InChI=1S/C9H7BrFN3O/c10-7-2-1-5(11)3-6(7)9-13-8(4-12)15-14-9/h1-3H,4,12H2. The molecule has 15 heavy (non-hydrogen) atoms. The van der Waals surface area contributed by atoms with Crippen LogP contribution in [0.2, 0.25) is 0 Å². The van der Waals surface area contributed by atoms with Crippen molar-refractivity contribution in [3.8, 4) is 11.4 Å². The molecule has 0 aliphatic rings. The Labute approximate surface area is 93.4 Å². The number of hydrogen-bond acceptors (Lipinski definition) is 4. The van der Waals surface area contributed by atoms with Gasteiger partial charge in [0.2, 0.25) is 11.7 Å². The molecule has 0 aliphatic carbocycles. The molecule has 0 radical (unpaired) electrons. The van der Waals surface area contributed by atoms with Gasteiger partial charge in [-0.25, -0.2) is 4.39 Å². The molecule has 4 nitrogen and oxygen atoms in total. The van der Waals surface area contributed by atoms with Crippen molar-refractivity contribution in [2.45, 2.75) is 6.54 Å². The third-order valence-electron chi connectivity index (χ3n) is 1.81. The first-order valence-corrected chi connectivity index (χ1v) is 4.98. The molecule has 2 N–H and O–H groups in total. The molecule has 6 heteroatoms. The Bertz CT molecular complexity index is 486. The van der Waals surface area contributed by atoms with Crippen LogP contribution in [0, 0.1) is 5.82 Å². The van der Waals surface area contributed by atoms with Gasteiger partial charge in [-0.2, -0.15) is 4.98 Å². The summed E-state index contributed by atoms with van der Waals surface area (Å²) in [5.74, 6) is 0.287. The zero-order valence-electron chi connectivity index (χ0n) is 7.58. The third kappa shape index (κ3) is 2.05. The van der Waals surface area contributed by atoms with Gasteiger partial charge >= 0.3 is 0 Å². The minimum absolute atomic E-state index is 0.167. The number of rotatable bonds is 2. The highest BCUT2D eigenvalue weighted by molar-refractivity contribution is 9.10. The topological polar surface area (TPSA) is 64.9 Å². The summed E-state index contributed by atoms with van der Waals surface area (Å²) < 4.78 is 18.5. The predicted molar refractivity (Wildman–Crippen MR) is 55.3 cm³/mol. The summed E-state index contributed by atoms with van der Waals surface area (Å²) in [4.78, 5) is 4.00. The van der Waals surface area contributed by atoms with Crippen LogP contribution in [0.1, 0.15) is 5.89 Å². The maximum atomic E-state index is 13.0. The summed E-state index contributed by atoms with van der Waals surface area (Å²) in [6.07, 6.45) is 0. The van der Waals surface area contributed by atoms with Crippen molar-refractivity contribution in [2.75, 3.05) is 0 Å². The minimum atomic E-state index is -0.354. The fourth-order valence-corrected chi connectivity index (χ4v) is 1.54. The van der Waals surface area contributed by atoms with Gasteiger partial charge in [0.05, 0.1) is 6.54 Å². The molecule has 0 atom stereocenters. The average molecular weight is 272 g/mol. The highest BCUT2D eigenvalue weighted by Gasteiger charge is 2.11. The lowest BCUT2D eigenvalue weighted by molar-refractivity contribution is 0.380. The van der Waals surface area contributed by atoms with Crippen molar-refractivity contribution in [2.24, 2.45) is 5.73 Å². The molecule has 0 aliphatic heterocycles. The summed E-state index contributed by atoms with van der Waals surface area (Å²) in [7, 11) is 0. The summed E-state index contributed by atoms with van der Waals surface area (Å²) in [5, 5.41) is 3.70. The zero-order valence-corrected chi connectivity index (χ0v) is 9.16. The molecular formula is C9H7BrFN3O. The van der Waals surface area contributed by atoms with Crippen LogP contribution in [0.15, 0.2) is 27.2 Å². The fourth-order valence-electron chi connectivity index (χ4n) is 1.12. The lowest BCUT2D eigenvalue weighted by atomic mass is 10.2. The Kier molecular flexibility index (Phi) is 2.79. The molecule has 2 rings (SSSR count). The first kappa shape index (κ1) is 10.3. The van der Waals surface area contributed by atoms with Crippen molar-refractivity contribution in [1.82, 2.24) is 10.1 Å². The summed E-state index contributed by atoms with van der Waals surface area (Å²) in [5.41, 5.74) is 5.87. The predicted octanol–water partition coefficient (Wildman–Crippen LogP) is 2.10. The van der Waals surface area contributed by atoms with Gasteiger partial charge in [0.15, 0.2) is 0 Å². The second kappa shape index (κ2) is 4.08. The van der Waals surface area contributed by atoms with Crippen LogP contribution in [0.25, 0.3) is 11.4 Å². The van der Waals surface area contributed by atoms with E-state index in [2.05, 4.69) is 26.1 Å². The Morgan fingerprint density at radius 3 is 2.93 bits per heavy atom. The van der Waals surface area contributed by atoms with Crippen molar-refractivity contribution in [3.05, 3.63) is 34.4 Å². The van der Waals surface area contributed by atoms with Crippen LogP contribution in [-0.4, -0.2) is 10.1 Å². The van der Waals surface area contributed by atoms with E-state index in [-0.39, 0.29) is 12.4 Å². The summed E-state index contributed by atoms with van der Waals surface area (Å²) in [6.45, 7) is 0.167. The van der Waals surface area contributed by atoms with E-state index in [1.165, 1.54) is 12.1 Å². The summed E-state index contributed by atoms with van der Waals surface area (Å²) >= 11 is 3.28. The van der Waals surface area contributed by atoms with Gasteiger partial charge in [-0.1, -0.05) is 21.1 Å². The SMILES string of the molecule is NCc1nc(-c2cc(F)ccc2Br)no1. The Morgan fingerprint density at radius 1 is 1.47 bits per heavy atom. The summed E-state index contributed by atoms with van der Waals surface area (Å²) in [6, 6.07) is 4.26. The quantitative estimate of drug-likeness (QED) is 0.909. The van der Waals surface area contributed by atoms with E-state index in [1.807, 2.05) is 0 Å². The lowest BCUT2D eigenvalue weighted by Crippen LogP contribution is -1.95. The lowest BCUT2D eigenvalue weighted by Gasteiger charge is -1.98. The molecule has 0 saturated heterocycles. The number of nitrogens with two attached hydrogens (primary N) is 1. The van der Waals surface area contributed by atoms with Crippen molar-refractivity contribution >= 4 is 15.9 Å². The molecule has 0 spiro atoms. The number of nitrogens with zero attached hydrogens (tertiary/aromatic N) is 2. The Balaban J connectivity index is 2.48. The van der Waals surface area contributed by atoms with E-state index >= 15 is 0 Å². The van der Waals surface area contributed by atoms with Crippen LogP contribution in [-0.2, 0) is 6.54 Å². The highest BCUT2D eigenvalue weighted by Crippen LogP contribution is 2.26. The van der Waals surface area contributed by atoms with E-state index in [1.54, 1.807) is 6.07 Å². The van der Waals surface area contributed by atoms with Gasteiger partial charge in [-0.05, 0) is 18.2 Å². The number of aromatic nitrogens is 2. The smallest absolute Gasteiger partial charge is 0.240 e. The number of hydrogen-bond donors (Lipinski definition) is 1. The van der Waals surface area contributed by atoms with Crippen molar-refractivity contribution < 1.29 is 8.91 Å². The van der Waals surface area contributed by atoms with Gasteiger partial charge in [-0.3, -0.25) is 0 Å². The number of halogens is 2. The van der Waals surface area contributed by atoms with Gasteiger partial charge in [-0.15, -0.1) is 0 Å². The molecular weight excluding hydrogens is 265 g/mol. The van der Waals surface area contributed by atoms with E-state index < -0.39 is 0 Å². The van der Waals surface area contributed by atoms with Crippen LogP contribution in [0.5, 0.6) is 0 Å².